The van der Waals surface area contributed by atoms with Crippen molar-refractivity contribution in [3.63, 3.8) is 0 Å². The zero-order chi connectivity index (χ0) is 25.8. The molecule has 0 saturated carbocycles. The summed E-state index contributed by atoms with van der Waals surface area (Å²) in [6.07, 6.45) is -2.54. The fourth-order valence-electron chi connectivity index (χ4n) is 3.45. The second kappa shape index (κ2) is 8.84. The molecule has 6 nitrogen and oxygen atoms in total. The molecular weight excluding hydrogens is 567 g/mol. The summed E-state index contributed by atoms with van der Waals surface area (Å²) in [6.45, 7) is 2.98. The van der Waals surface area contributed by atoms with Crippen LogP contribution in [0.25, 0.3) is 26.7 Å². The van der Waals surface area contributed by atoms with E-state index in [2.05, 4.69) is 26.0 Å². The molecule has 1 N–H and O–H groups in total. The predicted octanol–water partition coefficient (Wildman–Crippen LogP) is 6.08. The Kier molecular flexibility index (Phi) is 6.45. The highest BCUT2D eigenvalue weighted by atomic mass is 79.9. The van der Waals surface area contributed by atoms with Crippen molar-refractivity contribution in [1.29, 1.82) is 0 Å². The zero-order valence-electron chi connectivity index (χ0n) is 18.6. The van der Waals surface area contributed by atoms with E-state index in [-0.39, 0.29) is 16.3 Å². The van der Waals surface area contributed by atoms with Crippen LogP contribution in [0, 0.1) is 0 Å². The molecule has 1 aromatic carbocycles. The lowest BCUT2D eigenvalue weighted by atomic mass is 10.1. The summed E-state index contributed by atoms with van der Waals surface area (Å²) in [7, 11) is -3.34. The van der Waals surface area contributed by atoms with Crippen LogP contribution >= 0.6 is 27.3 Å². The van der Waals surface area contributed by atoms with Crippen molar-refractivity contribution >= 4 is 37.1 Å². The van der Waals surface area contributed by atoms with Crippen molar-refractivity contribution in [3.8, 4) is 26.7 Å². The molecule has 35 heavy (non-hydrogen) atoms. The van der Waals surface area contributed by atoms with Gasteiger partial charge < -0.3 is 5.11 Å². The van der Waals surface area contributed by atoms with Gasteiger partial charge in [0, 0.05) is 17.3 Å². The lowest BCUT2D eigenvalue weighted by Crippen LogP contribution is -2.18. The first-order valence-corrected chi connectivity index (χ1v) is 13.6. The Balaban J connectivity index is 1.90. The lowest BCUT2D eigenvalue weighted by Gasteiger charge is -2.14. The fraction of sp³-hybridized carbons (Fsp3) is 0.217. The van der Waals surface area contributed by atoms with E-state index in [9.17, 15) is 26.7 Å². The summed E-state index contributed by atoms with van der Waals surface area (Å²) < 4.78 is 66.2. The summed E-state index contributed by atoms with van der Waals surface area (Å²) in [5.41, 5.74) is -1.59. The van der Waals surface area contributed by atoms with Gasteiger partial charge in [-0.3, -0.25) is 0 Å². The van der Waals surface area contributed by atoms with E-state index in [0.717, 1.165) is 27.6 Å². The highest BCUT2D eigenvalue weighted by Crippen LogP contribution is 2.43. The van der Waals surface area contributed by atoms with E-state index in [1.54, 1.807) is 24.3 Å². The van der Waals surface area contributed by atoms with Crippen LogP contribution < -0.4 is 0 Å². The van der Waals surface area contributed by atoms with Gasteiger partial charge in [0.15, 0.2) is 15.5 Å². The van der Waals surface area contributed by atoms with Crippen LogP contribution in [0.5, 0.6) is 0 Å². The van der Waals surface area contributed by atoms with Crippen LogP contribution in [0.2, 0.25) is 0 Å². The Hall–Kier alpha value is -2.54. The quantitative estimate of drug-likeness (QED) is 0.307. The molecule has 3 heterocycles. The third-order valence-corrected chi connectivity index (χ3v) is 8.12. The Bertz CT molecular complexity index is 1500. The van der Waals surface area contributed by atoms with E-state index >= 15 is 0 Å². The van der Waals surface area contributed by atoms with Crippen molar-refractivity contribution in [2.75, 3.05) is 6.26 Å². The van der Waals surface area contributed by atoms with E-state index in [4.69, 9.17) is 0 Å². The first kappa shape index (κ1) is 25.5. The number of hydrogen-bond donors (Lipinski definition) is 1. The minimum atomic E-state index is -4.72. The summed E-state index contributed by atoms with van der Waals surface area (Å²) in [4.78, 5) is 5.07. The molecule has 3 aromatic heterocycles. The molecule has 0 amide bonds. The molecule has 0 aliphatic carbocycles. The number of benzene rings is 1. The summed E-state index contributed by atoms with van der Waals surface area (Å²) in [5.74, 6) is 0. The van der Waals surface area contributed by atoms with Crippen LogP contribution in [0.1, 0.15) is 25.2 Å². The number of pyridine rings is 1. The van der Waals surface area contributed by atoms with Crippen LogP contribution in [0.4, 0.5) is 13.2 Å². The third kappa shape index (κ3) is 5.06. The molecular formula is C23H19BrF3N3O3S2. The molecule has 0 bridgehead atoms. The molecule has 0 fully saturated rings. The number of aromatic nitrogens is 3. The number of halogens is 4. The van der Waals surface area contributed by atoms with Gasteiger partial charge in [-0.2, -0.15) is 18.3 Å². The SMILES string of the molecule is CC(C)(O)c1nn(-c2cccnc2C(F)(F)F)c(-c2ccc(-c3ccc(S(C)(=O)=O)cc3)s2)c1Br. The number of aliphatic hydroxyl groups is 1. The summed E-state index contributed by atoms with van der Waals surface area (Å²) >= 11 is 4.73. The van der Waals surface area contributed by atoms with Gasteiger partial charge in [-0.1, -0.05) is 12.1 Å². The van der Waals surface area contributed by atoms with Gasteiger partial charge in [-0.05, 0) is 71.7 Å². The van der Waals surface area contributed by atoms with Crippen molar-refractivity contribution < 1.29 is 26.7 Å². The average molecular weight is 586 g/mol. The Morgan fingerprint density at radius 1 is 1.00 bits per heavy atom. The molecule has 4 rings (SSSR count). The molecule has 184 valence electrons. The number of nitrogens with zero attached hydrogens (tertiary/aromatic N) is 3. The second-order valence-electron chi connectivity index (χ2n) is 8.31. The van der Waals surface area contributed by atoms with Crippen LogP contribution in [-0.4, -0.2) is 34.5 Å². The summed E-state index contributed by atoms with van der Waals surface area (Å²) in [5, 5.41) is 15.0. The minimum absolute atomic E-state index is 0.164. The number of sulfone groups is 1. The number of alkyl halides is 3. The van der Waals surface area contributed by atoms with E-state index in [0.29, 0.717) is 15.0 Å². The zero-order valence-corrected chi connectivity index (χ0v) is 21.8. The maximum Gasteiger partial charge on any atom is 0.435 e. The lowest BCUT2D eigenvalue weighted by molar-refractivity contribution is -0.141. The maximum absolute atomic E-state index is 13.7. The molecule has 0 aliphatic rings. The molecule has 4 aromatic rings. The minimum Gasteiger partial charge on any atom is -0.384 e. The third-order valence-electron chi connectivity index (χ3n) is 5.10. The highest BCUT2D eigenvalue weighted by molar-refractivity contribution is 9.10. The van der Waals surface area contributed by atoms with Crippen molar-refractivity contribution in [3.05, 3.63) is 70.6 Å². The van der Waals surface area contributed by atoms with Crippen LogP contribution in [-0.2, 0) is 21.6 Å². The first-order chi connectivity index (χ1) is 16.2. The molecule has 0 radical (unpaired) electrons. The molecule has 0 saturated heterocycles. The Morgan fingerprint density at radius 2 is 1.63 bits per heavy atom. The highest BCUT2D eigenvalue weighted by Gasteiger charge is 2.38. The second-order valence-corrected chi connectivity index (χ2v) is 12.2. The van der Waals surface area contributed by atoms with Crippen LogP contribution in [0.15, 0.2) is 64.1 Å². The normalized spacial score (nSPS) is 12.8. The van der Waals surface area contributed by atoms with Crippen molar-refractivity contribution in [2.24, 2.45) is 0 Å². The molecule has 0 atom stereocenters. The predicted molar refractivity (Wildman–Crippen MR) is 131 cm³/mol. The topological polar surface area (TPSA) is 85.1 Å². The number of rotatable bonds is 5. The van der Waals surface area contributed by atoms with E-state index in [1.807, 2.05) is 0 Å². The van der Waals surface area contributed by atoms with Crippen molar-refractivity contribution in [1.82, 2.24) is 14.8 Å². The Morgan fingerprint density at radius 3 is 2.20 bits per heavy atom. The van der Waals surface area contributed by atoms with Gasteiger partial charge in [0.1, 0.15) is 11.3 Å². The van der Waals surface area contributed by atoms with Gasteiger partial charge in [-0.15, -0.1) is 11.3 Å². The average Bonchev–Trinajstić information content (AvgIpc) is 3.37. The molecule has 0 aliphatic heterocycles. The van der Waals surface area contributed by atoms with Crippen molar-refractivity contribution in [2.45, 2.75) is 30.5 Å². The van der Waals surface area contributed by atoms with Gasteiger partial charge in [-0.25, -0.2) is 18.1 Å². The molecule has 12 heteroatoms. The molecule has 0 unspecified atom stereocenters. The van der Waals surface area contributed by atoms with Gasteiger partial charge in [0.2, 0.25) is 0 Å². The Labute approximate surface area is 212 Å². The van der Waals surface area contributed by atoms with E-state index in [1.165, 1.54) is 49.4 Å². The van der Waals surface area contributed by atoms with Crippen LogP contribution in [0.3, 0.4) is 0 Å². The van der Waals surface area contributed by atoms with Gasteiger partial charge in [0.25, 0.3) is 0 Å². The largest absolute Gasteiger partial charge is 0.435 e. The monoisotopic (exact) mass is 585 g/mol. The standard InChI is InChI=1S/C23H19BrF3N3O3S2/c1-22(2,31)21-18(24)19(30(29-21)15-5-4-12-28-20(15)23(25,26)27)17-11-10-16(34-17)13-6-8-14(9-7-13)35(3,32)33/h4-12,31H,1-3H3. The molecule has 0 spiro atoms. The number of thiophene rings is 1. The first-order valence-electron chi connectivity index (χ1n) is 10.1. The summed E-state index contributed by atoms with van der Waals surface area (Å²) in [6, 6.07) is 12.5. The van der Waals surface area contributed by atoms with Gasteiger partial charge >= 0.3 is 6.18 Å². The fourth-order valence-corrected chi connectivity index (χ4v) is 6.21. The number of hydrogen-bond acceptors (Lipinski definition) is 6. The smallest absolute Gasteiger partial charge is 0.384 e. The van der Waals surface area contributed by atoms with E-state index < -0.39 is 27.3 Å². The van der Waals surface area contributed by atoms with Gasteiger partial charge in [0.05, 0.1) is 25.6 Å². The maximum atomic E-state index is 13.7.